The van der Waals surface area contributed by atoms with Gasteiger partial charge in [0.2, 0.25) is 0 Å². The van der Waals surface area contributed by atoms with E-state index in [0.717, 1.165) is 42.8 Å². The Morgan fingerprint density at radius 1 is 0.953 bits per heavy atom. The number of fused-ring (bicyclic) bond motifs is 4. The number of hydrogen-bond acceptors (Lipinski definition) is 5. The predicted octanol–water partition coefficient (Wildman–Crippen LogP) is 7.70. The van der Waals surface area contributed by atoms with Gasteiger partial charge in [0, 0.05) is 36.9 Å². The molecule has 0 saturated carbocycles. The second-order valence-electron chi connectivity index (χ2n) is 10.8. The van der Waals surface area contributed by atoms with Gasteiger partial charge < -0.3 is 14.7 Å². The second kappa shape index (κ2) is 12.6. The first-order valence-electron chi connectivity index (χ1n) is 13.9. The number of thiophene rings is 1. The maximum absolute atomic E-state index is 13.6. The van der Waals surface area contributed by atoms with E-state index in [1.807, 2.05) is 78.2 Å². The third kappa shape index (κ3) is 6.74. The van der Waals surface area contributed by atoms with Gasteiger partial charge >= 0.3 is 18.2 Å². The number of aliphatic carboxylic acids is 1. The quantitative estimate of drug-likeness (QED) is 0.188. The van der Waals surface area contributed by atoms with Gasteiger partial charge in [0.05, 0.1) is 12.0 Å². The highest BCUT2D eigenvalue weighted by Gasteiger charge is 2.36. The van der Waals surface area contributed by atoms with Crippen LogP contribution in [0.15, 0.2) is 78.2 Å². The Labute approximate surface area is 250 Å². The molecule has 224 valence electrons. The zero-order valence-electron chi connectivity index (χ0n) is 23.3. The number of carboxylic acid groups (broad SMARTS) is 1. The molecule has 0 spiro atoms. The van der Waals surface area contributed by atoms with Crippen molar-refractivity contribution in [3.05, 3.63) is 94.9 Å². The normalized spacial score (nSPS) is 14.1. The van der Waals surface area contributed by atoms with Crippen molar-refractivity contribution >= 4 is 39.3 Å². The first kappa shape index (κ1) is 30.3. The van der Waals surface area contributed by atoms with Crippen molar-refractivity contribution in [3.63, 3.8) is 0 Å². The minimum absolute atomic E-state index is 0.0167. The fourth-order valence-electron chi connectivity index (χ4n) is 5.72. The van der Waals surface area contributed by atoms with E-state index in [2.05, 4.69) is 0 Å². The number of ketones is 1. The summed E-state index contributed by atoms with van der Waals surface area (Å²) in [5, 5.41) is 12.3. The van der Waals surface area contributed by atoms with Crippen molar-refractivity contribution < 1.29 is 37.4 Å². The van der Waals surface area contributed by atoms with Gasteiger partial charge in [0.25, 0.3) is 0 Å². The first-order chi connectivity index (χ1) is 20.5. The average Bonchev–Trinajstić information content (AvgIpc) is 3.54. The zero-order valence-corrected chi connectivity index (χ0v) is 24.2. The van der Waals surface area contributed by atoms with Crippen LogP contribution in [-0.4, -0.2) is 53.7 Å². The number of carbonyl (C=O) groups excluding carboxylic acids is 2. The van der Waals surface area contributed by atoms with Gasteiger partial charge in [-0.2, -0.15) is 13.2 Å². The van der Waals surface area contributed by atoms with Crippen LogP contribution in [0.5, 0.6) is 0 Å². The van der Waals surface area contributed by atoms with Gasteiger partial charge in [-0.05, 0) is 51.1 Å². The third-order valence-corrected chi connectivity index (χ3v) is 9.02. The summed E-state index contributed by atoms with van der Waals surface area (Å²) in [6.45, 7) is 0.0167. The van der Waals surface area contributed by atoms with Crippen LogP contribution >= 0.6 is 11.3 Å². The molecule has 0 saturated heterocycles. The highest BCUT2D eigenvalue weighted by atomic mass is 32.1. The minimum Gasteiger partial charge on any atom is -0.481 e. The summed E-state index contributed by atoms with van der Waals surface area (Å²) in [5.41, 5.74) is 4.93. The van der Waals surface area contributed by atoms with Crippen LogP contribution in [0, 0.1) is 5.92 Å². The number of amides is 1. The lowest BCUT2D eigenvalue weighted by molar-refractivity contribution is -0.151. The van der Waals surface area contributed by atoms with Gasteiger partial charge in [-0.1, -0.05) is 66.7 Å². The molecule has 1 heterocycles. The fourth-order valence-corrected chi connectivity index (χ4v) is 6.69. The Balaban J connectivity index is 1.36. The molecular weight excluding hydrogens is 579 g/mol. The van der Waals surface area contributed by atoms with Crippen LogP contribution in [0.3, 0.4) is 0 Å². The average molecular weight is 610 g/mol. The molecule has 1 aliphatic carbocycles. The molecule has 3 aromatic carbocycles. The monoisotopic (exact) mass is 609 g/mol. The number of carbonyl (C=O) groups is 3. The molecule has 4 aromatic rings. The van der Waals surface area contributed by atoms with Crippen LogP contribution in [0.1, 0.15) is 41.9 Å². The van der Waals surface area contributed by atoms with Gasteiger partial charge in [0.1, 0.15) is 6.61 Å². The number of carboxylic acids is 1. The summed E-state index contributed by atoms with van der Waals surface area (Å²) in [6.07, 6.45) is -7.95. The summed E-state index contributed by atoms with van der Waals surface area (Å²) in [6, 6.07) is 22.1. The van der Waals surface area contributed by atoms with E-state index in [0.29, 0.717) is 0 Å². The Bertz CT molecular complexity index is 1600. The molecule has 1 aromatic heterocycles. The third-order valence-electron chi connectivity index (χ3n) is 8.01. The largest absolute Gasteiger partial charge is 0.481 e. The maximum Gasteiger partial charge on any atom is 0.410 e. The van der Waals surface area contributed by atoms with E-state index in [4.69, 9.17) is 4.74 Å². The molecule has 0 bridgehead atoms. The van der Waals surface area contributed by atoms with Gasteiger partial charge in [0.15, 0.2) is 5.78 Å². The Morgan fingerprint density at radius 2 is 1.56 bits per heavy atom. The molecule has 1 aliphatic rings. The number of rotatable bonds is 11. The summed E-state index contributed by atoms with van der Waals surface area (Å²) in [4.78, 5) is 40.0. The molecule has 0 unspecified atom stereocenters. The van der Waals surface area contributed by atoms with Crippen LogP contribution < -0.4 is 0 Å². The highest BCUT2D eigenvalue weighted by molar-refractivity contribution is 7.17. The van der Waals surface area contributed by atoms with E-state index in [9.17, 15) is 32.7 Å². The molecule has 0 fully saturated rings. The van der Waals surface area contributed by atoms with E-state index in [1.165, 1.54) is 18.4 Å². The van der Waals surface area contributed by atoms with E-state index in [-0.39, 0.29) is 18.9 Å². The number of hydrogen-bond donors (Lipinski definition) is 1. The van der Waals surface area contributed by atoms with E-state index in [1.54, 1.807) is 0 Å². The minimum atomic E-state index is -4.55. The smallest absolute Gasteiger partial charge is 0.410 e. The lowest BCUT2D eigenvalue weighted by Crippen LogP contribution is -2.45. The zero-order chi connectivity index (χ0) is 30.7. The highest BCUT2D eigenvalue weighted by Crippen LogP contribution is 2.44. The Kier molecular flexibility index (Phi) is 8.87. The lowest BCUT2D eigenvalue weighted by atomic mass is 9.91. The number of alkyl halides is 3. The topological polar surface area (TPSA) is 83.9 Å². The van der Waals surface area contributed by atoms with Crippen molar-refractivity contribution in [2.45, 2.75) is 43.8 Å². The molecule has 1 amide bonds. The van der Waals surface area contributed by atoms with Crippen LogP contribution in [0.4, 0.5) is 18.0 Å². The predicted molar refractivity (Wildman–Crippen MR) is 158 cm³/mol. The van der Waals surface area contributed by atoms with Gasteiger partial charge in [-0.3, -0.25) is 9.59 Å². The maximum atomic E-state index is 13.6. The summed E-state index contributed by atoms with van der Waals surface area (Å²) >= 11 is 1.47. The van der Waals surface area contributed by atoms with E-state index >= 15 is 0 Å². The van der Waals surface area contributed by atoms with Crippen LogP contribution in [0.2, 0.25) is 0 Å². The molecule has 1 N–H and O–H groups in total. The first-order valence-corrected chi connectivity index (χ1v) is 14.8. The number of halogens is 3. The molecule has 5 rings (SSSR count). The van der Waals surface area contributed by atoms with Crippen molar-refractivity contribution in [1.29, 1.82) is 0 Å². The number of ether oxygens (including phenoxy) is 1. The van der Waals surface area contributed by atoms with Gasteiger partial charge in [-0.25, -0.2) is 4.79 Å². The van der Waals surface area contributed by atoms with Crippen molar-refractivity contribution in [2.75, 3.05) is 13.7 Å². The number of likely N-dealkylation sites (N-methyl/N-ethyl adjacent to an activating group) is 1. The van der Waals surface area contributed by atoms with E-state index < -0.39 is 55.2 Å². The van der Waals surface area contributed by atoms with Crippen LogP contribution in [-0.2, 0) is 20.7 Å². The molecule has 2 atom stereocenters. The SMILES string of the molecule is CN(C(=O)OCC1c2ccccc2-c2ccccc21)[C@@H](Cc1csc2ccccc12)C(=O)C[C@@H](CCC(F)(F)F)C(=O)O. The molecule has 10 heteroatoms. The Morgan fingerprint density at radius 3 is 2.19 bits per heavy atom. The molecule has 6 nitrogen and oxygen atoms in total. The summed E-state index contributed by atoms with van der Waals surface area (Å²) in [7, 11) is 1.40. The standard InChI is InChI=1S/C33H30F3NO5S/c1-37(32(41)42-18-27-25-11-4-2-9-23(25)24-10-3-5-12-26(24)27)28(16-21-19-43-30-13-7-6-8-22(21)30)29(38)17-20(31(39)40)14-15-33(34,35)36/h2-13,19-20,27-28H,14-18H2,1H3,(H,39,40)/t20-,28+/m1/s1. The molecule has 0 aliphatic heterocycles. The number of nitrogens with zero attached hydrogens (tertiary/aromatic N) is 1. The summed E-state index contributed by atoms with van der Waals surface area (Å²) in [5.74, 6) is -3.87. The lowest BCUT2D eigenvalue weighted by Gasteiger charge is -2.28. The number of benzene rings is 3. The van der Waals surface area contributed by atoms with Crippen LogP contribution in [0.25, 0.3) is 21.2 Å². The van der Waals surface area contributed by atoms with Gasteiger partial charge in [-0.15, -0.1) is 11.3 Å². The number of Topliss-reactive ketones (excluding diaryl/α,β-unsaturated/α-hetero) is 1. The summed E-state index contributed by atoms with van der Waals surface area (Å²) < 4.78 is 45.3. The van der Waals surface area contributed by atoms with Crippen molar-refractivity contribution in [3.8, 4) is 11.1 Å². The van der Waals surface area contributed by atoms with Crippen molar-refractivity contribution in [2.24, 2.45) is 5.92 Å². The molecule has 43 heavy (non-hydrogen) atoms. The fraction of sp³-hybridized carbons (Fsp3) is 0.303. The molecule has 0 radical (unpaired) electrons. The Hall–Kier alpha value is -4.18. The van der Waals surface area contributed by atoms with Crippen molar-refractivity contribution in [1.82, 2.24) is 4.90 Å². The molecular formula is C33H30F3NO5S. The second-order valence-corrected chi connectivity index (χ2v) is 11.7.